The van der Waals surface area contributed by atoms with E-state index in [0.717, 1.165) is 12.8 Å². The molecule has 6 nitrogen and oxygen atoms in total. The van der Waals surface area contributed by atoms with Gasteiger partial charge in [-0.1, -0.05) is 11.6 Å². The third-order valence-electron chi connectivity index (χ3n) is 4.73. The maximum Gasteiger partial charge on any atom is 0.331 e. The monoisotopic (exact) mass is 433 g/mol. The van der Waals surface area contributed by atoms with Crippen molar-refractivity contribution in [3.63, 3.8) is 0 Å². The molecule has 1 aromatic carbocycles. The lowest BCUT2D eigenvalue weighted by molar-refractivity contribution is -0.148. The number of rotatable bonds is 4. The van der Waals surface area contributed by atoms with Crippen LogP contribution in [-0.4, -0.2) is 43.1 Å². The normalized spacial score (nSPS) is 15.7. The Hall–Kier alpha value is -2.51. The molecule has 0 aliphatic carbocycles. The first-order valence-corrected chi connectivity index (χ1v) is 10.6. The summed E-state index contributed by atoms with van der Waals surface area (Å²) in [6, 6.07) is 5.48. The van der Waals surface area contributed by atoms with Gasteiger partial charge in [-0.2, -0.15) is 0 Å². The second-order valence-electron chi connectivity index (χ2n) is 6.76. The zero-order chi connectivity index (χ0) is 20.2. The molecular weight excluding hydrogens is 414 g/mol. The largest absolute Gasteiger partial charge is 0.489 e. The number of hydrogen-bond acceptors (Lipinski definition) is 6. The summed E-state index contributed by atoms with van der Waals surface area (Å²) in [4.78, 5) is 27.4. The molecule has 152 valence electrons. The fourth-order valence-corrected chi connectivity index (χ4v) is 4.41. The highest BCUT2D eigenvalue weighted by atomic mass is 35.5. The Balaban J connectivity index is 1.32. The van der Waals surface area contributed by atoms with Crippen LogP contribution in [-0.2, 0) is 27.3 Å². The van der Waals surface area contributed by atoms with Crippen LogP contribution in [0.3, 0.4) is 0 Å². The fourth-order valence-electron chi connectivity index (χ4n) is 3.24. The van der Waals surface area contributed by atoms with Gasteiger partial charge in [0.05, 0.1) is 18.2 Å². The van der Waals surface area contributed by atoms with E-state index in [4.69, 9.17) is 25.8 Å². The molecule has 1 aromatic heterocycles. The molecule has 1 amide bonds. The molecule has 0 fully saturated rings. The predicted octanol–water partition coefficient (Wildman–Crippen LogP) is 3.70. The Morgan fingerprint density at radius 1 is 1.28 bits per heavy atom. The van der Waals surface area contributed by atoms with Crippen LogP contribution in [0.25, 0.3) is 6.08 Å². The number of hydrogen-bond donors (Lipinski definition) is 0. The smallest absolute Gasteiger partial charge is 0.331 e. The van der Waals surface area contributed by atoms with Gasteiger partial charge in [-0.15, -0.1) is 11.3 Å². The van der Waals surface area contributed by atoms with Gasteiger partial charge in [0.1, 0.15) is 0 Å². The number of ether oxygens (including phenoxy) is 3. The summed E-state index contributed by atoms with van der Waals surface area (Å²) in [6.07, 6.45) is 4.47. The molecule has 0 N–H and O–H groups in total. The molecule has 3 heterocycles. The summed E-state index contributed by atoms with van der Waals surface area (Å²) < 4.78 is 16.3. The Morgan fingerprint density at radius 3 is 3.03 bits per heavy atom. The van der Waals surface area contributed by atoms with E-state index in [9.17, 15) is 9.59 Å². The van der Waals surface area contributed by atoms with Gasteiger partial charge in [0.25, 0.3) is 5.91 Å². The molecule has 0 atom stereocenters. The van der Waals surface area contributed by atoms with E-state index in [-0.39, 0.29) is 12.5 Å². The van der Waals surface area contributed by atoms with Crippen molar-refractivity contribution in [2.24, 2.45) is 0 Å². The lowest BCUT2D eigenvalue weighted by atomic mass is 10.1. The number of thiophene rings is 1. The summed E-state index contributed by atoms with van der Waals surface area (Å²) in [6.45, 7) is 2.04. The molecule has 0 saturated heterocycles. The topological polar surface area (TPSA) is 65.1 Å². The minimum Gasteiger partial charge on any atom is -0.489 e. The Bertz CT molecular complexity index is 955. The number of benzene rings is 1. The lowest BCUT2D eigenvalue weighted by Gasteiger charge is -2.26. The van der Waals surface area contributed by atoms with Crippen molar-refractivity contribution in [1.82, 2.24) is 4.90 Å². The Morgan fingerprint density at radius 2 is 2.14 bits per heavy atom. The highest BCUT2D eigenvalue weighted by Crippen LogP contribution is 2.38. The molecule has 0 radical (unpaired) electrons. The minimum absolute atomic E-state index is 0.192. The first-order valence-electron chi connectivity index (χ1n) is 9.37. The van der Waals surface area contributed by atoms with Crippen LogP contribution in [0.4, 0.5) is 0 Å². The summed E-state index contributed by atoms with van der Waals surface area (Å²) in [5.41, 5.74) is 1.86. The number of carbonyl (C=O) groups excluding carboxylic acids is 2. The molecule has 8 heteroatoms. The lowest BCUT2D eigenvalue weighted by Crippen LogP contribution is -2.38. The first-order chi connectivity index (χ1) is 14.1. The van der Waals surface area contributed by atoms with Crippen molar-refractivity contribution < 1.29 is 23.8 Å². The molecule has 2 aliphatic rings. The van der Waals surface area contributed by atoms with E-state index in [1.165, 1.54) is 16.5 Å². The molecule has 0 saturated carbocycles. The van der Waals surface area contributed by atoms with Crippen molar-refractivity contribution in [2.75, 3.05) is 26.4 Å². The van der Waals surface area contributed by atoms with Crippen molar-refractivity contribution >= 4 is 40.9 Å². The van der Waals surface area contributed by atoms with Crippen LogP contribution >= 0.6 is 22.9 Å². The molecule has 4 rings (SSSR count). The van der Waals surface area contributed by atoms with Crippen LogP contribution in [0.5, 0.6) is 11.5 Å². The third kappa shape index (κ3) is 4.74. The summed E-state index contributed by atoms with van der Waals surface area (Å²) >= 11 is 7.96. The van der Waals surface area contributed by atoms with Crippen molar-refractivity contribution in [2.45, 2.75) is 19.4 Å². The van der Waals surface area contributed by atoms with Gasteiger partial charge in [-0.05, 0) is 47.2 Å². The average Bonchev–Trinajstić information content (AvgIpc) is 3.06. The van der Waals surface area contributed by atoms with Crippen LogP contribution in [0, 0.1) is 0 Å². The maximum absolute atomic E-state index is 12.3. The van der Waals surface area contributed by atoms with E-state index in [2.05, 4.69) is 0 Å². The highest BCUT2D eigenvalue weighted by molar-refractivity contribution is 7.10. The van der Waals surface area contributed by atoms with E-state index >= 15 is 0 Å². The Kier molecular flexibility index (Phi) is 6.06. The fraction of sp³-hybridized carbons (Fsp3) is 0.333. The molecule has 2 aliphatic heterocycles. The number of nitrogens with zero attached hydrogens (tertiary/aromatic N) is 1. The van der Waals surface area contributed by atoms with Crippen LogP contribution in [0.2, 0.25) is 5.02 Å². The SMILES string of the molecule is O=C(/C=C/c1cc(Cl)c2c(c1)OCCCO2)OCC(=O)N1CCc2sccc2C1. The molecule has 0 bridgehead atoms. The summed E-state index contributed by atoms with van der Waals surface area (Å²) in [5.74, 6) is 0.290. The van der Waals surface area contributed by atoms with Crippen LogP contribution < -0.4 is 9.47 Å². The van der Waals surface area contributed by atoms with Gasteiger partial charge in [0, 0.05) is 30.5 Å². The minimum atomic E-state index is -0.588. The zero-order valence-corrected chi connectivity index (χ0v) is 17.3. The van der Waals surface area contributed by atoms with Gasteiger partial charge >= 0.3 is 5.97 Å². The number of fused-ring (bicyclic) bond motifs is 2. The summed E-state index contributed by atoms with van der Waals surface area (Å²) in [7, 11) is 0. The van der Waals surface area contributed by atoms with Crippen LogP contribution in [0.15, 0.2) is 29.7 Å². The standard InChI is InChI=1S/C21H20ClNO5S/c22-16-10-14(11-17-21(16)27-8-1-7-26-17)2-3-20(25)28-13-19(24)23-6-4-18-15(12-23)5-9-29-18/h2-3,5,9-11H,1,4,6-8,12-13H2/b3-2+. The van der Waals surface area contributed by atoms with Crippen molar-refractivity contribution in [1.29, 1.82) is 0 Å². The molecule has 2 aromatic rings. The van der Waals surface area contributed by atoms with Gasteiger partial charge in [0.15, 0.2) is 18.1 Å². The average molecular weight is 434 g/mol. The van der Waals surface area contributed by atoms with Gasteiger partial charge in [0.2, 0.25) is 0 Å². The Labute approximate surface area is 177 Å². The third-order valence-corrected chi connectivity index (χ3v) is 6.04. The van der Waals surface area contributed by atoms with Gasteiger partial charge < -0.3 is 19.1 Å². The number of amides is 1. The zero-order valence-electron chi connectivity index (χ0n) is 15.7. The number of carbonyl (C=O) groups is 2. The van der Waals surface area contributed by atoms with E-state index in [1.54, 1.807) is 34.4 Å². The summed E-state index contributed by atoms with van der Waals surface area (Å²) in [5, 5.41) is 2.46. The molecule has 29 heavy (non-hydrogen) atoms. The number of halogens is 1. The molecule has 0 unspecified atom stereocenters. The van der Waals surface area contributed by atoms with E-state index < -0.39 is 5.97 Å². The van der Waals surface area contributed by atoms with E-state index in [1.807, 2.05) is 11.4 Å². The van der Waals surface area contributed by atoms with Crippen molar-refractivity contribution in [3.05, 3.63) is 50.7 Å². The van der Waals surface area contributed by atoms with Crippen LogP contribution in [0.1, 0.15) is 22.4 Å². The predicted molar refractivity (Wildman–Crippen MR) is 110 cm³/mol. The maximum atomic E-state index is 12.3. The number of esters is 1. The van der Waals surface area contributed by atoms with Crippen molar-refractivity contribution in [3.8, 4) is 11.5 Å². The van der Waals surface area contributed by atoms with E-state index in [0.29, 0.717) is 48.4 Å². The quantitative estimate of drug-likeness (QED) is 0.543. The second kappa shape index (κ2) is 8.88. The first kappa shape index (κ1) is 19.8. The molecular formula is C21H20ClNO5S. The van der Waals surface area contributed by atoms with Gasteiger partial charge in [-0.25, -0.2) is 4.79 Å². The second-order valence-corrected chi connectivity index (χ2v) is 8.16. The highest BCUT2D eigenvalue weighted by Gasteiger charge is 2.22. The van der Waals surface area contributed by atoms with Gasteiger partial charge in [-0.3, -0.25) is 4.79 Å². The molecule has 0 spiro atoms.